The van der Waals surface area contributed by atoms with Crippen molar-refractivity contribution < 1.29 is 0 Å². The molecule has 0 nitrogen and oxygen atoms in total. The summed E-state index contributed by atoms with van der Waals surface area (Å²) in [5.74, 6) is 0. The average Bonchev–Trinajstić information content (AvgIpc) is 2.91. The molecule has 2 aromatic carbocycles. The summed E-state index contributed by atoms with van der Waals surface area (Å²) in [5, 5.41) is 0. The average molecular weight is 390 g/mol. The molecule has 0 saturated heterocycles. The summed E-state index contributed by atoms with van der Waals surface area (Å²) in [4.78, 5) is 2.46. The van der Waals surface area contributed by atoms with Crippen LogP contribution in [-0.2, 0) is 0 Å². The third-order valence-electron chi connectivity index (χ3n) is 3.19. The Kier molecular flexibility index (Phi) is 4.29. The maximum atomic E-state index is 2.46. The Hall–Kier alpha value is -1.04. The molecule has 1 aliphatic rings. The first-order valence-corrected chi connectivity index (χ1v) is 10.2. The van der Waals surface area contributed by atoms with Crippen molar-refractivity contribution >= 4 is 40.5 Å². The van der Waals surface area contributed by atoms with Crippen LogP contribution in [0, 0.1) is 13.8 Å². The van der Waals surface area contributed by atoms with Gasteiger partial charge in [-0.1, -0.05) is 0 Å². The van der Waals surface area contributed by atoms with Gasteiger partial charge in [0.05, 0.1) is 0 Å². The number of aryl methyl sites for hydroxylation is 2. The van der Waals surface area contributed by atoms with Crippen LogP contribution in [-0.4, -0.2) is 29.9 Å². The molecule has 2 aromatic rings. The normalized spacial score (nSPS) is 16.5. The van der Waals surface area contributed by atoms with Crippen LogP contribution in [0.4, 0.5) is 0 Å². The van der Waals surface area contributed by atoms with Crippen LogP contribution in [0.25, 0.3) is 10.5 Å². The molecular formula is C18H16Se2. The van der Waals surface area contributed by atoms with Crippen molar-refractivity contribution in [2.75, 3.05) is 0 Å². The molecule has 0 aliphatic carbocycles. The summed E-state index contributed by atoms with van der Waals surface area (Å²) in [6.45, 7) is 4.28. The second kappa shape index (κ2) is 6.16. The summed E-state index contributed by atoms with van der Waals surface area (Å²) < 4.78 is 3.18. The molecular weight excluding hydrogens is 374 g/mol. The molecule has 0 aromatic heterocycles. The van der Waals surface area contributed by atoms with Gasteiger partial charge in [0.25, 0.3) is 0 Å². The van der Waals surface area contributed by atoms with E-state index in [1.165, 1.54) is 22.3 Å². The van der Waals surface area contributed by atoms with E-state index in [0.29, 0.717) is 29.9 Å². The molecule has 0 spiro atoms. The van der Waals surface area contributed by atoms with Crippen molar-refractivity contribution in [1.82, 2.24) is 0 Å². The zero-order chi connectivity index (χ0) is 13.9. The van der Waals surface area contributed by atoms with Crippen LogP contribution < -0.4 is 0 Å². The summed E-state index contributed by atoms with van der Waals surface area (Å²) in [6, 6.07) is 17.8. The predicted molar refractivity (Wildman–Crippen MR) is 89.8 cm³/mol. The molecule has 0 N–H and O–H groups in total. The van der Waals surface area contributed by atoms with E-state index in [0.717, 1.165) is 0 Å². The molecule has 0 radical (unpaired) electrons. The fourth-order valence-electron chi connectivity index (χ4n) is 1.98. The second-order valence-corrected chi connectivity index (χ2v) is 10.4. The molecule has 20 heavy (non-hydrogen) atoms. The Morgan fingerprint density at radius 2 is 1.40 bits per heavy atom. The first-order chi connectivity index (χ1) is 9.70. The fraction of sp³-hybridized carbons (Fsp3) is 0.111. The molecule has 1 aliphatic heterocycles. The molecule has 100 valence electrons. The van der Waals surface area contributed by atoms with Crippen LogP contribution in [0.15, 0.2) is 56.9 Å². The number of benzene rings is 2. The molecule has 3 rings (SSSR count). The minimum absolute atomic E-state index is 0.500. The van der Waals surface area contributed by atoms with Gasteiger partial charge in [0.15, 0.2) is 0 Å². The molecule has 0 amide bonds. The van der Waals surface area contributed by atoms with E-state index in [1.807, 2.05) is 0 Å². The van der Waals surface area contributed by atoms with Crippen LogP contribution in [0.2, 0.25) is 0 Å². The van der Waals surface area contributed by atoms with Crippen molar-refractivity contribution in [3.63, 3.8) is 0 Å². The maximum absolute atomic E-state index is 2.46. The zero-order valence-electron chi connectivity index (χ0n) is 11.6. The van der Waals surface area contributed by atoms with E-state index in [-0.39, 0.29) is 0 Å². The van der Waals surface area contributed by atoms with Crippen LogP contribution in [0.5, 0.6) is 0 Å². The van der Waals surface area contributed by atoms with Gasteiger partial charge in [0, 0.05) is 0 Å². The molecule has 0 bridgehead atoms. The number of hydrogen-bond acceptors (Lipinski definition) is 0. The zero-order valence-corrected chi connectivity index (χ0v) is 15.0. The summed E-state index contributed by atoms with van der Waals surface area (Å²) >= 11 is 1.03. The van der Waals surface area contributed by atoms with E-state index in [4.69, 9.17) is 0 Å². The van der Waals surface area contributed by atoms with Crippen molar-refractivity contribution in [1.29, 1.82) is 0 Å². The van der Waals surface area contributed by atoms with Crippen molar-refractivity contribution in [3.8, 4) is 0 Å². The SMILES string of the molecule is Cc1ccc(/C=C2/[Se]C=C(c3ccc(C)cc3)[Se]2)cc1. The van der Waals surface area contributed by atoms with Gasteiger partial charge in [-0.25, -0.2) is 0 Å². The number of rotatable bonds is 2. The molecule has 0 fully saturated rings. The number of hydrogen-bond donors (Lipinski definition) is 0. The van der Waals surface area contributed by atoms with Gasteiger partial charge >= 0.3 is 133 Å². The fourth-order valence-corrected chi connectivity index (χ4v) is 7.83. The first kappa shape index (κ1) is 13.9. The Morgan fingerprint density at radius 1 is 0.800 bits per heavy atom. The van der Waals surface area contributed by atoms with Gasteiger partial charge < -0.3 is 0 Å². The molecule has 0 atom stereocenters. The third-order valence-corrected chi connectivity index (χ3v) is 9.25. The summed E-state index contributed by atoms with van der Waals surface area (Å²) in [5.41, 5.74) is 5.41. The molecule has 2 heteroatoms. The minimum atomic E-state index is 0.500. The molecule has 0 unspecified atom stereocenters. The van der Waals surface area contributed by atoms with E-state index in [9.17, 15) is 0 Å². The van der Waals surface area contributed by atoms with E-state index in [2.05, 4.69) is 73.4 Å². The van der Waals surface area contributed by atoms with Gasteiger partial charge in [-0.05, 0) is 0 Å². The Bertz CT molecular complexity index is 662. The molecule has 0 saturated carbocycles. The third kappa shape index (κ3) is 3.34. The van der Waals surface area contributed by atoms with Crippen molar-refractivity contribution in [3.05, 3.63) is 79.1 Å². The first-order valence-electron chi connectivity index (χ1n) is 6.61. The quantitative estimate of drug-likeness (QED) is 0.680. The van der Waals surface area contributed by atoms with Crippen LogP contribution in [0.3, 0.4) is 0 Å². The Morgan fingerprint density at radius 3 is 2.05 bits per heavy atom. The summed E-state index contributed by atoms with van der Waals surface area (Å²) in [7, 11) is 0. The Balaban J connectivity index is 1.75. The van der Waals surface area contributed by atoms with E-state index in [1.54, 1.807) is 7.84 Å². The van der Waals surface area contributed by atoms with E-state index < -0.39 is 0 Å². The summed E-state index contributed by atoms with van der Waals surface area (Å²) in [6.07, 6.45) is 2.39. The van der Waals surface area contributed by atoms with Crippen LogP contribution >= 0.6 is 0 Å². The van der Waals surface area contributed by atoms with Gasteiger partial charge in [0.1, 0.15) is 0 Å². The van der Waals surface area contributed by atoms with Gasteiger partial charge in [-0.3, -0.25) is 0 Å². The van der Waals surface area contributed by atoms with Gasteiger partial charge in [0.2, 0.25) is 0 Å². The predicted octanol–water partition coefficient (Wildman–Crippen LogP) is 4.02. The topological polar surface area (TPSA) is 0 Å². The van der Waals surface area contributed by atoms with Crippen molar-refractivity contribution in [2.24, 2.45) is 0 Å². The van der Waals surface area contributed by atoms with Gasteiger partial charge in [-0.2, -0.15) is 0 Å². The molecule has 1 heterocycles. The van der Waals surface area contributed by atoms with E-state index >= 15 is 0 Å². The van der Waals surface area contributed by atoms with Crippen molar-refractivity contribution in [2.45, 2.75) is 13.8 Å². The van der Waals surface area contributed by atoms with Crippen LogP contribution in [0.1, 0.15) is 22.3 Å². The standard InChI is InChI=1S/C18H16Se2/c1-13-3-7-15(8-4-13)11-18-19-12-17(20-18)16-9-5-14(2)6-10-16/h3-12H,1-2H3/b18-11-. The monoisotopic (exact) mass is 392 g/mol. The Labute approximate surface area is 133 Å². The second-order valence-electron chi connectivity index (χ2n) is 4.94. The van der Waals surface area contributed by atoms with Gasteiger partial charge in [-0.15, -0.1) is 0 Å².